The van der Waals surface area contributed by atoms with Gasteiger partial charge in [-0.1, -0.05) is 19.0 Å². The molecule has 25 heavy (non-hydrogen) atoms. The fourth-order valence-electron chi connectivity index (χ4n) is 2.84. The Kier molecular flexibility index (Phi) is 6.66. The Hall–Kier alpha value is -1.80. The van der Waals surface area contributed by atoms with E-state index in [2.05, 4.69) is 25.8 Å². The molecule has 0 aromatic carbocycles. The molecule has 0 aliphatic heterocycles. The van der Waals surface area contributed by atoms with E-state index in [4.69, 9.17) is 4.52 Å². The Balaban J connectivity index is 1.72. The van der Waals surface area contributed by atoms with Crippen molar-refractivity contribution in [2.45, 2.75) is 64.1 Å². The first-order chi connectivity index (χ1) is 11.8. The van der Waals surface area contributed by atoms with Crippen LogP contribution in [0.4, 0.5) is 13.2 Å². The number of nitrogens with zero attached hydrogens (tertiary/aromatic N) is 3. The molecule has 0 atom stereocenters. The van der Waals surface area contributed by atoms with Crippen LogP contribution in [0.1, 0.15) is 57.2 Å². The maximum atomic E-state index is 12.7. The summed E-state index contributed by atoms with van der Waals surface area (Å²) in [6.07, 6.45) is -2.21. The van der Waals surface area contributed by atoms with E-state index in [0.29, 0.717) is 43.5 Å². The van der Waals surface area contributed by atoms with Gasteiger partial charge in [0.15, 0.2) is 11.8 Å². The van der Waals surface area contributed by atoms with Crippen molar-refractivity contribution in [2.24, 2.45) is 10.9 Å². The summed E-state index contributed by atoms with van der Waals surface area (Å²) < 4.78 is 43.3. The molecule has 9 heteroatoms. The van der Waals surface area contributed by atoms with Crippen LogP contribution in [0.3, 0.4) is 0 Å². The zero-order valence-electron chi connectivity index (χ0n) is 14.9. The number of rotatable bonds is 5. The molecule has 1 aliphatic carbocycles. The lowest BCUT2D eigenvalue weighted by Crippen LogP contribution is -2.46. The predicted octanol–water partition coefficient (Wildman–Crippen LogP) is 3.02. The summed E-state index contributed by atoms with van der Waals surface area (Å²) in [7, 11) is 1.64. The minimum absolute atomic E-state index is 0.0146. The second-order valence-electron chi connectivity index (χ2n) is 6.68. The van der Waals surface area contributed by atoms with Crippen molar-refractivity contribution in [3.05, 3.63) is 11.7 Å². The number of aromatic nitrogens is 2. The Bertz CT molecular complexity index is 562. The van der Waals surface area contributed by atoms with E-state index < -0.39 is 12.1 Å². The van der Waals surface area contributed by atoms with Crippen LogP contribution in [-0.2, 0) is 6.42 Å². The quantitative estimate of drug-likeness (QED) is 0.623. The van der Waals surface area contributed by atoms with E-state index in [-0.39, 0.29) is 24.8 Å². The number of aliphatic imine (C=N–C) groups is 1. The molecule has 1 heterocycles. The minimum Gasteiger partial charge on any atom is -0.356 e. The second kappa shape index (κ2) is 8.53. The maximum absolute atomic E-state index is 12.7. The Labute approximate surface area is 145 Å². The van der Waals surface area contributed by atoms with E-state index in [0.717, 1.165) is 0 Å². The molecule has 0 radical (unpaired) electrons. The predicted molar refractivity (Wildman–Crippen MR) is 88.4 cm³/mol. The molecular weight excluding hydrogens is 335 g/mol. The topological polar surface area (TPSA) is 75.3 Å². The lowest BCUT2D eigenvalue weighted by atomic mass is 9.85. The second-order valence-corrected chi connectivity index (χ2v) is 6.68. The van der Waals surface area contributed by atoms with Crippen LogP contribution in [0.25, 0.3) is 0 Å². The highest BCUT2D eigenvalue weighted by atomic mass is 19.4. The van der Waals surface area contributed by atoms with Crippen molar-refractivity contribution in [2.75, 3.05) is 13.6 Å². The van der Waals surface area contributed by atoms with Gasteiger partial charge < -0.3 is 15.2 Å². The smallest absolute Gasteiger partial charge is 0.356 e. The molecule has 1 aromatic heterocycles. The summed E-state index contributed by atoms with van der Waals surface area (Å²) in [5, 5.41) is 10.2. The van der Waals surface area contributed by atoms with Gasteiger partial charge in [0.2, 0.25) is 5.89 Å². The van der Waals surface area contributed by atoms with E-state index in [1.54, 1.807) is 7.05 Å². The average Bonchev–Trinajstić information content (AvgIpc) is 3.02. The molecule has 1 fully saturated rings. The normalized spacial score (nSPS) is 22.3. The minimum atomic E-state index is -4.08. The number of hydrogen-bond acceptors (Lipinski definition) is 4. The summed E-state index contributed by atoms with van der Waals surface area (Å²) in [4.78, 5) is 8.41. The highest BCUT2D eigenvalue weighted by molar-refractivity contribution is 5.79. The zero-order chi connectivity index (χ0) is 18.4. The first kappa shape index (κ1) is 19.5. The van der Waals surface area contributed by atoms with Crippen LogP contribution in [-0.4, -0.2) is 41.9 Å². The summed E-state index contributed by atoms with van der Waals surface area (Å²) >= 11 is 0. The third-order valence-electron chi connectivity index (χ3n) is 4.39. The SMILES string of the molecule is CN=C(NCCc1nc(C(C)C)no1)NC1CCC(C(F)(F)F)CC1. The third-order valence-corrected chi connectivity index (χ3v) is 4.39. The number of alkyl halides is 3. The lowest BCUT2D eigenvalue weighted by Gasteiger charge is -2.31. The van der Waals surface area contributed by atoms with Gasteiger partial charge in [-0.15, -0.1) is 0 Å². The molecule has 1 aromatic rings. The van der Waals surface area contributed by atoms with Crippen molar-refractivity contribution in [1.82, 2.24) is 20.8 Å². The van der Waals surface area contributed by atoms with Gasteiger partial charge in [0, 0.05) is 32.0 Å². The molecule has 142 valence electrons. The Morgan fingerprint density at radius 3 is 2.48 bits per heavy atom. The summed E-state index contributed by atoms with van der Waals surface area (Å²) in [6.45, 7) is 4.54. The summed E-state index contributed by atoms with van der Waals surface area (Å²) in [5.74, 6) is 0.857. The van der Waals surface area contributed by atoms with E-state index >= 15 is 0 Å². The third kappa shape index (κ3) is 5.89. The van der Waals surface area contributed by atoms with Crippen LogP contribution >= 0.6 is 0 Å². The Morgan fingerprint density at radius 2 is 1.96 bits per heavy atom. The van der Waals surface area contributed by atoms with Crippen LogP contribution < -0.4 is 10.6 Å². The van der Waals surface area contributed by atoms with Crippen molar-refractivity contribution in [3.63, 3.8) is 0 Å². The first-order valence-corrected chi connectivity index (χ1v) is 8.66. The zero-order valence-corrected chi connectivity index (χ0v) is 14.9. The number of guanidine groups is 1. The van der Waals surface area contributed by atoms with Crippen LogP contribution in [0.15, 0.2) is 9.52 Å². The van der Waals surface area contributed by atoms with E-state index in [1.165, 1.54) is 0 Å². The average molecular weight is 361 g/mol. The lowest BCUT2D eigenvalue weighted by molar-refractivity contribution is -0.182. The molecule has 0 unspecified atom stereocenters. The fraction of sp³-hybridized carbons (Fsp3) is 0.812. The largest absolute Gasteiger partial charge is 0.391 e. The van der Waals surface area contributed by atoms with Crippen molar-refractivity contribution >= 4 is 5.96 Å². The van der Waals surface area contributed by atoms with Gasteiger partial charge in [0.1, 0.15) is 0 Å². The molecule has 1 saturated carbocycles. The van der Waals surface area contributed by atoms with Crippen molar-refractivity contribution in [1.29, 1.82) is 0 Å². The first-order valence-electron chi connectivity index (χ1n) is 8.66. The maximum Gasteiger partial charge on any atom is 0.391 e. The van der Waals surface area contributed by atoms with E-state index in [9.17, 15) is 13.2 Å². The monoisotopic (exact) mass is 361 g/mol. The van der Waals surface area contributed by atoms with Gasteiger partial charge in [-0.3, -0.25) is 4.99 Å². The number of hydrogen-bond donors (Lipinski definition) is 2. The molecule has 2 N–H and O–H groups in total. The highest BCUT2D eigenvalue weighted by Crippen LogP contribution is 2.37. The molecule has 0 bridgehead atoms. The van der Waals surface area contributed by atoms with Crippen LogP contribution in [0.2, 0.25) is 0 Å². The summed E-state index contributed by atoms with van der Waals surface area (Å²) in [6, 6.07) is 0.0146. The molecule has 0 saturated heterocycles. The van der Waals surface area contributed by atoms with Crippen molar-refractivity contribution in [3.8, 4) is 0 Å². The molecule has 0 amide bonds. The summed E-state index contributed by atoms with van der Waals surface area (Å²) in [5.41, 5.74) is 0. The molecule has 2 rings (SSSR count). The standard InChI is InChI=1S/C16H26F3N5O/c1-10(2)14-23-13(25-24-14)8-9-21-15(20-3)22-12-6-4-11(5-7-12)16(17,18)19/h10-12H,4-9H2,1-3H3,(H2,20,21,22). The van der Waals surface area contributed by atoms with Gasteiger partial charge in [0.05, 0.1) is 5.92 Å². The van der Waals surface area contributed by atoms with Gasteiger partial charge in [-0.2, -0.15) is 18.2 Å². The van der Waals surface area contributed by atoms with Gasteiger partial charge in [0.25, 0.3) is 0 Å². The molecular formula is C16H26F3N5O. The molecule has 6 nitrogen and oxygen atoms in total. The van der Waals surface area contributed by atoms with Gasteiger partial charge in [-0.05, 0) is 25.7 Å². The number of nitrogens with one attached hydrogen (secondary N) is 2. The Morgan fingerprint density at radius 1 is 1.28 bits per heavy atom. The van der Waals surface area contributed by atoms with Crippen molar-refractivity contribution < 1.29 is 17.7 Å². The van der Waals surface area contributed by atoms with Gasteiger partial charge >= 0.3 is 6.18 Å². The number of halogens is 3. The van der Waals surface area contributed by atoms with Crippen LogP contribution in [0, 0.1) is 5.92 Å². The fourth-order valence-corrected chi connectivity index (χ4v) is 2.84. The van der Waals surface area contributed by atoms with Gasteiger partial charge in [-0.25, -0.2) is 0 Å². The van der Waals surface area contributed by atoms with E-state index in [1.807, 2.05) is 13.8 Å². The van der Waals surface area contributed by atoms with Crippen LogP contribution in [0.5, 0.6) is 0 Å². The molecule has 0 spiro atoms. The molecule has 1 aliphatic rings. The highest BCUT2D eigenvalue weighted by Gasteiger charge is 2.41.